The van der Waals surface area contributed by atoms with E-state index in [0.717, 1.165) is 11.8 Å². The first-order valence-electron chi connectivity index (χ1n) is 7.39. The van der Waals surface area contributed by atoms with Crippen molar-refractivity contribution >= 4 is 0 Å². The number of unbranched alkanes of at least 4 members (excludes halogenated alkanes) is 3. The van der Waals surface area contributed by atoms with E-state index in [1.807, 2.05) is 0 Å². The lowest BCUT2D eigenvalue weighted by Gasteiger charge is -2.22. The summed E-state index contributed by atoms with van der Waals surface area (Å²) in [5.41, 5.74) is 0.575. The maximum Gasteiger partial charge on any atom is -0.0357 e. The van der Waals surface area contributed by atoms with Gasteiger partial charge in [-0.15, -0.1) is 0 Å². The largest absolute Gasteiger partial charge is 0.0649 e. The molecule has 0 aromatic rings. The summed E-state index contributed by atoms with van der Waals surface area (Å²) in [6.45, 7) is 14.2. The first kappa shape index (κ1) is 16.0. The summed E-state index contributed by atoms with van der Waals surface area (Å²) in [5.74, 6) is 1.77. The quantitative estimate of drug-likeness (QED) is 0.419. The molecular weight excluding hydrogens is 192 g/mol. The van der Waals surface area contributed by atoms with Crippen molar-refractivity contribution in [3.63, 3.8) is 0 Å². The molecule has 0 aliphatic carbocycles. The summed E-state index contributed by atoms with van der Waals surface area (Å²) in [5, 5.41) is 0. The molecule has 0 aromatic heterocycles. The predicted molar refractivity (Wildman–Crippen MR) is 75.8 cm³/mol. The fourth-order valence-corrected chi connectivity index (χ4v) is 1.93. The highest BCUT2D eigenvalue weighted by molar-refractivity contribution is 4.66. The van der Waals surface area contributed by atoms with Gasteiger partial charge in [0.25, 0.3) is 0 Å². The Hall–Kier alpha value is 0. The Balaban J connectivity index is 3.35. The number of hydrogen-bond donors (Lipinski definition) is 0. The zero-order chi connectivity index (χ0) is 12.6. The maximum absolute atomic E-state index is 2.40. The SMILES string of the molecule is CCC(C)(C)CCCCCCC(C)C(C)C. The highest BCUT2D eigenvalue weighted by atomic mass is 14.2. The topological polar surface area (TPSA) is 0 Å². The van der Waals surface area contributed by atoms with Gasteiger partial charge in [-0.05, 0) is 23.7 Å². The third kappa shape index (κ3) is 8.19. The van der Waals surface area contributed by atoms with Crippen molar-refractivity contribution in [2.45, 2.75) is 86.5 Å². The molecule has 1 unspecified atom stereocenters. The molecule has 0 fully saturated rings. The monoisotopic (exact) mass is 226 g/mol. The van der Waals surface area contributed by atoms with Crippen molar-refractivity contribution in [1.29, 1.82) is 0 Å². The van der Waals surface area contributed by atoms with Crippen molar-refractivity contribution in [2.75, 3.05) is 0 Å². The van der Waals surface area contributed by atoms with Gasteiger partial charge < -0.3 is 0 Å². The van der Waals surface area contributed by atoms with Gasteiger partial charge >= 0.3 is 0 Å². The molecule has 0 rings (SSSR count). The van der Waals surface area contributed by atoms with Gasteiger partial charge in [-0.1, -0.05) is 80.1 Å². The number of rotatable bonds is 9. The highest BCUT2D eigenvalue weighted by Crippen LogP contribution is 2.27. The smallest absolute Gasteiger partial charge is 0.0357 e. The van der Waals surface area contributed by atoms with Crippen molar-refractivity contribution < 1.29 is 0 Å². The molecule has 0 saturated carbocycles. The van der Waals surface area contributed by atoms with E-state index in [-0.39, 0.29) is 0 Å². The predicted octanol–water partition coefficient (Wildman–Crippen LogP) is 6.06. The molecule has 1 atom stereocenters. The van der Waals surface area contributed by atoms with Crippen molar-refractivity contribution in [3.05, 3.63) is 0 Å². The molecule has 98 valence electrons. The Morgan fingerprint density at radius 3 is 1.94 bits per heavy atom. The van der Waals surface area contributed by atoms with Crippen molar-refractivity contribution in [1.82, 2.24) is 0 Å². The van der Waals surface area contributed by atoms with Crippen LogP contribution in [0.15, 0.2) is 0 Å². The van der Waals surface area contributed by atoms with Crippen LogP contribution in [0.1, 0.15) is 86.5 Å². The molecule has 16 heavy (non-hydrogen) atoms. The van der Waals surface area contributed by atoms with E-state index in [2.05, 4.69) is 41.5 Å². The Morgan fingerprint density at radius 1 is 0.875 bits per heavy atom. The Bertz CT molecular complexity index is 155. The van der Waals surface area contributed by atoms with Gasteiger partial charge in [-0.25, -0.2) is 0 Å². The van der Waals surface area contributed by atoms with Crippen LogP contribution < -0.4 is 0 Å². The van der Waals surface area contributed by atoms with Crippen molar-refractivity contribution in [3.8, 4) is 0 Å². The average molecular weight is 226 g/mol. The Kier molecular flexibility index (Phi) is 8.14. The van der Waals surface area contributed by atoms with Crippen LogP contribution in [0.2, 0.25) is 0 Å². The molecule has 0 nitrogen and oxygen atoms in total. The van der Waals surface area contributed by atoms with Crippen LogP contribution in [0, 0.1) is 17.3 Å². The molecule has 0 heterocycles. The Labute approximate surface area is 104 Å². The fraction of sp³-hybridized carbons (Fsp3) is 1.00. The lowest BCUT2D eigenvalue weighted by atomic mass is 9.84. The fourth-order valence-electron chi connectivity index (χ4n) is 1.93. The minimum Gasteiger partial charge on any atom is -0.0649 e. The van der Waals surface area contributed by atoms with Crippen LogP contribution in [-0.4, -0.2) is 0 Å². The molecule has 0 aliphatic heterocycles. The standard InChI is InChI=1S/C16H34/c1-7-16(5,6)13-11-9-8-10-12-15(4)14(2)3/h14-15H,7-13H2,1-6H3. The minimum absolute atomic E-state index is 0.575. The zero-order valence-electron chi connectivity index (χ0n) is 12.6. The van der Waals surface area contributed by atoms with E-state index >= 15 is 0 Å². The summed E-state index contributed by atoms with van der Waals surface area (Å²) in [4.78, 5) is 0. The summed E-state index contributed by atoms with van der Waals surface area (Å²) < 4.78 is 0. The summed E-state index contributed by atoms with van der Waals surface area (Å²) in [6, 6.07) is 0. The molecule has 0 aliphatic rings. The molecule has 0 bridgehead atoms. The van der Waals surface area contributed by atoms with Crippen LogP contribution in [0.4, 0.5) is 0 Å². The van der Waals surface area contributed by atoms with E-state index in [1.54, 1.807) is 0 Å². The second-order valence-electron chi connectivity index (χ2n) is 6.69. The minimum atomic E-state index is 0.575. The number of hydrogen-bond acceptors (Lipinski definition) is 0. The summed E-state index contributed by atoms with van der Waals surface area (Å²) >= 11 is 0. The van der Waals surface area contributed by atoms with Crippen LogP contribution in [0.5, 0.6) is 0 Å². The third-order valence-electron chi connectivity index (χ3n) is 4.36. The second kappa shape index (κ2) is 8.14. The van der Waals surface area contributed by atoms with Crippen LogP contribution in [0.25, 0.3) is 0 Å². The summed E-state index contributed by atoms with van der Waals surface area (Å²) in [7, 11) is 0. The van der Waals surface area contributed by atoms with E-state index in [0.29, 0.717) is 5.41 Å². The lowest BCUT2D eigenvalue weighted by Crippen LogP contribution is -2.08. The molecule has 0 N–H and O–H groups in total. The van der Waals surface area contributed by atoms with Gasteiger partial charge in [0.15, 0.2) is 0 Å². The van der Waals surface area contributed by atoms with Gasteiger partial charge in [-0.2, -0.15) is 0 Å². The normalized spacial score (nSPS) is 14.4. The van der Waals surface area contributed by atoms with E-state index < -0.39 is 0 Å². The average Bonchev–Trinajstić information content (AvgIpc) is 2.22. The van der Waals surface area contributed by atoms with Crippen LogP contribution >= 0.6 is 0 Å². The Morgan fingerprint density at radius 2 is 1.44 bits per heavy atom. The molecule has 0 radical (unpaired) electrons. The highest BCUT2D eigenvalue weighted by Gasteiger charge is 2.13. The molecule has 0 saturated heterocycles. The van der Waals surface area contributed by atoms with Gasteiger partial charge in [0.1, 0.15) is 0 Å². The van der Waals surface area contributed by atoms with Crippen LogP contribution in [-0.2, 0) is 0 Å². The zero-order valence-corrected chi connectivity index (χ0v) is 12.6. The van der Waals surface area contributed by atoms with Gasteiger partial charge in [0, 0.05) is 0 Å². The molecule has 0 amide bonds. The first-order valence-corrected chi connectivity index (χ1v) is 7.39. The summed E-state index contributed by atoms with van der Waals surface area (Å²) in [6.07, 6.45) is 9.89. The maximum atomic E-state index is 2.40. The van der Waals surface area contributed by atoms with E-state index in [9.17, 15) is 0 Å². The lowest BCUT2D eigenvalue weighted by molar-refractivity contribution is 0.304. The van der Waals surface area contributed by atoms with Gasteiger partial charge in [0.2, 0.25) is 0 Å². The van der Waals surface area contributed by atoms with Gasteiger partial charge in [0.05, 0.1) is 0 Å². The van der Waals surface area contributed by atoms with E-state index in [1.165, 1.54) is 44.9 Å². The second-order valence-corrected chi connectivity index (χ2v) is 6.69. The first-order chi connectivity index (χ1) is 7.39. The molecule has 0 aromatic carbocycles. The molecule has 0 spiro atoms. The third-order valence-corrected chi connectivity index (χ3v) is 4.36. The van der Waals surface area contributed by atoms with E-state index in [4.69, 9.17) is 0 Å². The van der Waals surface area contributed by atoms with Crippen molar-refractivity contribution in [2.24, 2.45) is 17.3 Å². The van der Waals surface area contributed by atoms with Gasteiger partial charge in [-0.3, -0.25) is 0 Å². The molecule has 0 heteroatoms. The molecular formula is C16H34. The van der Waals surface area contributed by atoms with Crippen LogP contribution in [0.3, 0.4) is 0 Å².